The first-order valence-electron chi connectivity index (χ1n) is 8.41. The van der Waals surface area contributed by atoms with E-state index in [9.17, 15) is 4.79 Å². The fraction of sp³-hybridized carbons (Fsp3) is 0.368. The van der Waals surface area contributed by atoms with Crippen LogP contribution in [0.5, 0.6) is 0 Å². The molecule has 1 N–H and O–H groups in total. The third-order valence-corrected chi connectivity index (χ3v) is 4.55. The lowest BCUT2D eigenvalue weighted by molar-refractivity contribution is -0.116. The third kappa shape index (κ3) is 3.52. The monoisotopic (exact) mass is 337 g/mol. The lowest BCUT2D eigenvalue weighted by Crippen LogP contribution is -2.14. The van der Waals surface area contributed by atoms with E-state index in [0.29, 0.717) is 24.4 Å². The molecule has 130 valence electrons. The highest BCUT2D eigenvalue weighted by Gasteiger charge is 2.13. The van der Waals surface area contributed by atoms with Gasteiger partial charge in [-0.15, -0.1) is 0 Å². The number of anilines is 1. The Labute approximate surface area is 147 Å². The third-order valence-electron chi connectivity index (χ3n) is 4.55. The number of benzene rings is 1. The number of nitrogens with zero attached hydrogens (tertiary/aromatic N) is 4. The summed E-state index contributed by atoms with van der Waals surface area (Å²) in [6, 6.07) is 5.95. The van der Waals surface area contributed by atoms with Crippen LogP contribution in [0.2, 0.25) is 0 Å². The summed E-state index contributed by atoms with van der Waals surface area (Å²) in [6.45, 7) is 9.89. The summed E-state index contributed by atoms with van der Waals surface area (Å²) in [5.41, 5.74) is 6.15. The topological polar surface area (TPSA) is 72.2 Å². The van der Waals surface area contributed by atoms with Crippen molar-refractivity contribution in [2.24, 2.45) is 0 Å². The highest BCUT2D eigenvalue weighted by Crippen LogP contribution is 2.17. The SMILES string of the molecule is Cc1nc2nc(C)c(CCC(=O)Nc3ccc(C)c(C)c3)c(C)n2n1. The standard InChI is InChI=1S/C19H23N5O/c1-11-6-7-16(10-12(11)2)22-18(25)9-8-17-13(3)20-19-21-15(5)23-24(19)14(17)4/h6-7,10H,8-9H2,1-5H3,(H,22,25). The van der Waals surface area contributed by atoms with Crippen molar-refractivity contribution in [2.45, 2.75) is 47.5 Å². The van der Waals surface area contributed by atoms with Crippen molar-refractivity contribution < 1.29 is 4.79 Å². The van der Waals surface area contributed by atoms with E-state index in [0.717, 1.165) is 22.6 Å². The number of carbonyl (C=O) groups is 1. The fourth-order valence-corrected chi connectivity index (χ4v) is 2.95. The zero-order chi connectivity index (χ0) is 18.1. The quantitative estimate of drug-likeness (QED) is 0.793. The number of amides is 1. The maximum Gasteiger partial charge on any atom is 0.252 e. The zero-order valence-corrected chi connectivity index (χ0v) is 15.3. The van der Waals surface area contributed by atoms with Crippen molar-refractivity contribution in [1.29, 1.82) is 0 Å². The number of rotatable bonds is 4. The van der Waals surface area contributed by atoms with Crippen molar-refractivity contribution in [2.75, 3.05) is 5.32 Å². The molecular weight excluding hydrogens is 314 g/mol. The Morgan fingerprint density at radius 2 is 1.84 bits per heavy atom. The van der Waals surface area contributed by atoms with Crippen LogP contribution in [0, 0.1) is 34.6 Å². The van der Waals surface area contributed by atoms with Gasteiger partial charge in [0.2, 0.25) is 5.91 Å². The average Bonchev–Trinajstić information content (AvgIpc) is 2.91. The predicted molar refractivity (Wildman–Crippen MR) is 97.9 cm³/mol. The van der Waals surface area contributed by atoms with Crippen LogP contribution >= 0.6 is 0 Å². The number of hydrogen-bond acceptors (Lipinski definition) is 4. The molecule has 0 aliphatic carbocycles. The van der Waals surface area contributed by atoms with E-state index < -0.39 is 0 Å². The van der Waals surface area contributed by atoms with Crippen molar-refractivity contribution in [3.63, 3.8) is 0 Å². The summed E-state index contributed by atoms with van der Waals surface area (Å²) in [5, 5.41) is 7.34. The van der Waals surface area contributed by atoms with Gasteiger partial charge in [0.25, 0.3) is 5.78 Å². The van der Waals surface area contributed by atoms with Crippen molar-refractivity contribution in [1.82, 2.24) is 19.6 Å². The van der Waals surface area contributed by atoms with Crippen molar-refractivity contribution in [3.05, 3.63) is 52.1 Å². The van der Waals surface area contributed by atoms with Gasteiger partial charge in [-0.2, -0.15) is 10.1 Å². The van der Waals surface area contributed by atoms with Gasteiger partial charge in [-0.1, -0.05) is 6.07 Å². The second-order valence-corrected chi connectivity index (χ2v) is 6.48. The van der Waals surface area contributed by atoms with Crippen LogP contribution in [0.15, 0.2) is 18.2 Å². The molecule has 0 atom stereocenters. The van der Waals surface area contributed by atoms with E-state index in [2.05, 4.69) is 27.3 Å². The minimum absolute atomic E-state index is 0.00285. The van der Waals surface area contributed by atoms with Crippen LogP contribution in [0.4, 0.5) is 5.69 Å². The first kappa shape index (κ1) is 17.1. The molecule has 3 aromatic rings. The Balaban J connectivity index is 1.73. The summed E-state index contributed by atoms with van der Waals surface area (Å²) < 4.78 is 1.75. The Morgan fingerprint density at radius 3 is 2.56 bits per heavy atom. The molecule has 0 saturated heterocycles. The minimum atomic E-state index is -0.00285. The Kier molecular flexibility index (Phi) is 4.53. The summed E-state index contributed by atoms with van der Waals surface area (Å²) >= 11 is 0. The molecule has 2 aromatic heterocycles. The smallest absolute Gasteiger partial charge is 0.252 e. The van der Waals surface area contributed by atoms with Crippen LogP contribution < -0.4 is 5.32 Å². The minimum Gasteiger partial charge on any atom is -0.326 e. The normalized spacial score (nSPS) is 11.1. The summed E-state index contributed by atoms with van der Waals surface area (Å²) in [7, 11) is 0. The van der Waals surface area contributed by atoms with E-state index in [1.54, 1.807) is 4.52 Å². The molecule has 3 rings (SSSR count). The molecule has 1 aromatic carbocycles. The molecule has 25 heavy (non-hydrogen) atoms. The first-order chi connectivity index (χ1) is 11.8. The number of hydrogen-bond donors (Lipinski definition) is 1. The molecule has 0 saturated carbocycles. The van der Waals surface area contributed by atoms with Crippen LogP contribution in [-0.2, 0) is 11.2 Å². The molecule has 0 spiro atoms. The van der Waals surface area contributed by atoms with E-state index in [-0.39, 0.29) is 5.91 Å². The van der Waals surface area contributed by atoms with Gasteiger partial charge in [-0.25, -0.2) is 9.50 Å². The molecule has 2 heterocycles. The molecular formula is C19H23N5O. The summed E-state index contributed by atoms with van der Waals surface area (Å²) in [6.07, 6.45) is 1.02. The van der Waals surface area contributed by atoms with Gasteiger partial charge in [-0.3, -0.25) is 4.79 Å². The zero-order valence-electron chi connectivity index (χ0n) is 15.3. The van der Waals surface area contributed by atoms with E-state index in [1.807, 2.05) is 45.9 Å². The lowest BCUT2D eigenvalue weighted by atomic mass is 10.1. The fourth-order valence-electron chi connectivity index (χ4n) is 2.95. The maximum atomic E-state index is 12.3. The second-order valence-electron chi connectivity index (χ2n) is 6.48. The van der Waals surface area contributed by atoms with Crippen LogP contribution in [0.3, 0.4) is 0 Å². The van der Waals surface area contributed by atoms with Gasteiger partial charge in [0, 0.05) is 23.5 Å². The van der Waals surface area contributed by atoms with Crippen LogP contribution in [-0.4, -0.2) is 25.5 Å². The molecule has 0 unspecified atom stereocenters. The number of carbonyl (C=O) groups excluding carboxylic acids is 1. The highest BCUT2D eigenvalue weighted by molar-refractivity contribution is 5.91. The van der Waals surface area contributed by atoms with Gasteiger partial charge in [0.1, 0.15) is 5.82 Å². The van der Waals surface area contributed by atoms with E-state index >= 15 is 0 Å². The first-order valence-corrected chi connectivity index (χ1v) is 8.41. The summed E-state index contributed by atoms with van der Waals surface area (Å²) in [4.78, 5) is 21.1. The largest absolute Gasteiger partial charge is 0.326 e. The molecule has 0 radical (unpaired) electrons. The van der Waals surface area contributed by atoms with Crippen LogP contribution in [0.25, 0.3) is 5.78 Å². The Hall–Kier alpha value is -2.76. The van der Waals surface area contributed by atoms with Gasteiger partial charge in [0.05, 0.1) is 0 Å². The molecule has 0 aliphatic rings. The van der Waals surface area contributed by atoms with E-state index in [1.165, 1.54) is 11.1 Å². The van der Waals surface area contributed by atoms with Gasteiger partial charge in [0.15, 0.2) is 0 Å². The molecule has 6 heteroatoms. The van der Waals surface area contributed by atoms with Gasteiger partial charge in [-0.05, 0) is 69.9 Å². The number of aromatic nitrogens is 4. The highest BCUT2D eigenvalue weighted by atomic mass is 16.1. The van der Waals surface area contributed by atoms with E-state index in [4.69, 9.17) is 0 Å². The van der Waals surface area contributed by atoms with Gasteiger partial charge < -0.3 is 5.32 Å². The summed E-state index contributed by atoms with van der Waals surface area (Å²) in [5.74, 6) is 1.30. The molecule has 0 bridgehead atoms. The predicted octanol–water partition coefficient (Wildman–Crippen LogP) is 3.24. The number of aryl methyl sites for hydroxylation is 5. The Morgan fingerprint density at radius 1 is 1.08 bits per heavy atom. The second kappa shape index (κ2) is 6.63. The molecule has 0 aliphatic heterocycles. The van der Waals surface area contributed by atoms with Crippen molar-refractivity contribution in [3.8, 4) is 0 Å². The molecule has 0 fully saturated rings. The van der Waals surface area contributed by atoms with Gasteiger partial charge >= 0.3 is 0 Å². The molecule has 1 amide bonds. The Bertz CT molecular complexity index is 958. The van der Waals surface area contributed by atoms with Crippen LogP contribution in [0.1, 0.15) is 40.3 Å². The lowest BCUT2D eigenvalue weighted by Gasteiger charge is -2.11. The number of nitrogens with one attached hydrogen (secondary N) is 1. The molecule has 6 nitrogen and oxygen atoms in total. The number of fused-ring (bicyclic) bond motifs is 1. The maximum absolute atomic E-state index is 12.3. The van der Waals surface area contributed by atoms with Crippen molar-refractivity contribution >= 4 is 17.4 Å². The average molecular weight is 337 g/mol.